The van der Waals surface area contributed by atoms with Crippen molar-refractivity contribution < 1.29 is 19.4 Å². The van der Waals surface area contributed by atoms with Crippen molar-refractivity contribution in [3.05, 3.63) is 0 Å². The predicted molar refractivity (Wildman–Crippen MR) is 92.2 cm³/mol. The first-order chi connectivity index (χ1) is 10.7. The number of amides is 1. The molecule has 0 aromatic rings. The van der Waals surface area contributed by atoms with Crippen LogP contribution in [0, 0.1) is 0 Å². The smallest absolute Gasteiger partial charge is 0.303 e. The van der Waals surface area contributed by atoms with Crippen LogP contribution in [0.2, 0.25) is 0 Å². The minimum atomic E-state index is -0.766. The maximum absolute atomic E-state index is 11.6. The van der Waals surface area contributed by atoms with E-state index in [1.165, 1.54) is 18.6 Å². The van der Waals surface area contributed by atoms with Crippen molar-refractivity contribution in [2.45, 2.75) is 56.6 Å². The van der Waals surface area contributed by atoms with Gasteiger partial charge < -0.3 is 15.2 Å². The number of ether oxygens (including phenoxy) is 1. The normalized spacial score (nSPS) is 17.5. The van der Waals surface area contributed by atoms with E-state index in [4.69, 9.17) is 9.84 Å². The molecule has 0 unspecified atom stereocenters. The fraction of sp³-hybridized carbons (Fsp3) is 0.867. The third-order valence-electron chi connectivity index (χ3n) is 3.41. The molecule has 0 radical (unpaired) electrons. The largest absolute Gasteiger partial charge is 0.481 e. The SMILES string of the molecule is O=C(O)CCCCOCCNC(=O)CCCC[C@@H]1CCSS1. The lowest BCUT2D eigenvalue weighted by Gasteiger charge is -2.08. The van der Waals surface area contributed by atoms with E-state index in [1.54, 1.807) is 0 Å². The van der Waals surface area contributed by atoms with Gasteiger partial charge in [-0.3, -0.25) is 9.59 Å². The number of aliphatic carboxylic acids is 1. The molecule has 2 N–H and O–H groups in total. The second kappa shape index (κ2) is 13.1. The second-order valence-corrected chi connectivity index (χ2v) is 8.18. The summed E-state index contributed by atoms with van der Waals surface area (Å²) in [5.41, 5.74) is 0. The maximum atomic E-state index is 11.6. The monoisotopic (exact) mass is 349 g/mol. The average molecular weight is 350 g/mol. The van der Waals surface area contributed by atoms with E-state index in [-0.39, 0.29) is 12.3 Å². The third-order valence-corrected chi connectivity index (χ3v) is 6.41. The van der Waals surface area contributed by atoms with Crippen molar-refractivity contribution in [1.29, 1.82) is 0 Å². The molecule has 7 heteroatoms. The first-order valence-corrected chi connectivity index (χ1v) is 10.4. The zero-order valence-electron chi connectivity index (χ0n) is 13.1. The summed E-state index contributed by atoms with van der Waals surface area (Å²) < 4.78 is 5.35. The first kappa shape index (κ1) is 19.6. The molecule has 1 atom stereocenters. The Kier molecular flexibility index (Phi) is 11.7. The highest BCUT2D eigenvalue weighted by atomic mass is 33.1. The standard InChI is InChI=1S/C15H27NO4S2/c17-14(6-2-1-5-13-8-12-21-22-13)16-9-11-20-10-4-3-7-15(18)19/h13H,1-12H2,(H,16,17)(H,18,19)/t13-/m1/s1. The molecular formula is C15H27NO4S2. The molecule has 0 spiro atoms. The molecule has 1 fully saturated rings. The van der Waals surface area contributed by atoms with Crippen LogP contribution < -0.4 is 5.32 Å². The Balaban J connectivity index is 1.79. The van der Waals surface area contributed by atoms with Gasteiger partial charge in [0.1, 0.15) is 0 Å². The Bertz CT molecular complexity index is 323. The van der Waals surface area contributed by atoms with E-state index in [2.05, 4.69) is 5.32 Å². The topological polar surface area (TPSA) is 75.6 Å². The van der Waals surface area contributed by atoms with E-state index in [0.717, 1.165) is 24.5 Å². The van der Waals surface area contributed by atoms with Gasteiger partial charge in [0.05, 0.1) is 6.61 Å². The molecule has 5 nitrogen and oxygen atoms in total. The van der Waals surface area contributed by atoms with Crippen LogP contribution in [-0.2, 0) is 14.3 Å². The number of nitrogens with one attached hydrogen (secondary N) is 1. The van der Waals surface area contributed by atoms with Gasteiger partial charge in [-0.15, -0.1) is 0 Å². The van der Waals surface area contributed by atoms with Crippen LogP contribution in [0.4, 0.5) is 0 Å². The molecule has 0 aromatic carbocycles. The van der Waals surface area contributed by atoms with Crippen LogP contribution in [0.25, 0.3) is 0 Å². The maximum Gasteiger partial charge on any atom is 0.303 e. The zero-order chi connectivity index (χ0) is 16.0. The highest BCUT2D eigenvalue weighted by Gasteiger charge is 2.15. The number of carboxylic acids is 1. The van der Waals surface area contributed by atoms with E-state index < -0.39 is 5.97 Å². The Morgan fingerprint density at radius 1 is 1.14 bits per heavy atom. The molecule has 0 bridgehead atoms. The highest BCUT2D eigenvalue weighted by Crippen LogP contribution is 2.39. The van der Waals surface area contributed by atoms with Gasteiger partial charge in [0.15, 0.2) is 0 Å². The number of carboxylic acid groups (broad SMARTS) is 1. The van der Waals surface area contributed by atoms with Crippen molar-refractivity contribution in [1.82, 2.24) is 5.32 Å². The van der Waals surface area contributed by atoms with Gasteiger partial charge >= 0.3 is 5.97 Å². The number of carbonyl (C=O) groups excluding carboxylic acids is 1. The van der Waals surface area contributed by atoms with Crippen LogP contribution in [0.15, 0.2) is 0 Å². The van der Waals surface area contributed by atoms with Gasteiger partial charge in [-0.25, -0.2) is 0 Å². The van der Waals surface area contributed by atoms with E-state index in [0.29, 0.717) is 32.6 Å². The molecule has 1 saturated heterocycles. The third kappa shape index (κ3) is 11.2. The summed E-state index contributed by atoms with van der Waals surface area (Å²) in [6, 6.07) is 0. The lowest BCUT2D eigenvalue weighted by Crippen LogP contribution is -2.27. The molecule has 1 aliphatic rings. The van der Waals surface area contributed by atoms with Crippen molar-refractivity contribution in [3.8, 4) is 0 Å². The number of rotatable bonds is 13. The van der Waals surface area contributed by atoms with Crippen molar-refractivity contribution >= 4 is 33.5 Å². The predicted octanol–water partition coefficient (Wildman–Crippen LogP) is 3.09. The molecule has 0 aromatic heterocycles. The fourth-order valence-corrected chi connectivity index (χ4v) is 5.18. The Hall–Kier alpha value is -0.400. The minimum Gasteiger partial charge on any atom is -0.481 e. The van der Waals surface area contributed by atoms with Gasteiger partial charge in [0.2, 0.25) is 5.91 Å². The molecule has 0 saturated carbocycles. The number of unbranched alkanes of at least 4 members (excludes halogenated alkanes) is 2. The molecule has 128 valence electrons. The molecule has 1 heterocycles. The van der Waals surface area contributed by atoms with Crippen molar-refractivity contribution in [3.63, 3.8) is 0 Å². The Labute approximate surface area is 140 Å². The van der Waals surface area contributed by atoms with Gasteiger partial charge in [0.25, 0.3) is 0 Å². The summed E-state index contributed by atoms with van der Waals surface area (Å²) in [6.45, 7) is 1.59. The van der Waals surface area contributed by atoms with Crippen LogP contribution in [-0.4, -0.2) is 47.7 Å². The van der Waals surface area contributed by atoms with Gasteiger partial charge in [-0.05, 0) is 32.1 Å². The van der Waals surface area contributed by atoms with E-state index >= 15 is 0 Å². The summed E-state index contributed by atoms with van der Waals surface area (Å²) in [5.74, 6) is 0.604. The summed E-state index contributed by atoms with van der Waals surface area (Å²) in [4.78, 5) is 21.9. The summed E-state index contributed by atoms with van der Waals surface area (Å²) in [7, 11) is 3.96. The molecule has 1 aliphatic heterocycles. The highest BCUT2D eigenvalue weighted by molar-refractivity contribution is 8.77. The minimum absolute atomic E-state index is 0.0999. The van der Waals surface area contributed by atoms with Gasteiger partial charge in [-0.1, -0.05) is 28.0 Å². The Morgan fingerprint density at radius 3 is 2.68 bits per heavy atom. The summed E-state index contributed by atoms with van der Waals surface area (Å²) in [6.07, 6.45) is 6.81. The molecule has 1 amide bonds. The van der Waals surface area contributed by atoms with Crippen LogP contribution in [0.5, 0.6) is 0 Å². The quantitative estimate of drug-likeness (QED) is 0.393. The number of hydrogen-bond acceptors (Lipinski definition) is 5. The number of hydrogen-bond donors (Lipinski definition) is 2. The average Bonchev–Trinajstić information content (AvgIpc) is 2.99. The van der Waals surface area contributed by atoms with Crippen molar-refractivity contribution in [2.75, 3.05) is 25.5 Å². The van der Waals surface area contributed by atoms with E-state index in [9.17, 15) is 9.59 Å². The number of carbonyl (C=O) groups is 2. The summed E-state index contributed by atoms with van der Waals surface area (Å²) in [5, 5.41) is 12.1. The lowest BCUT2D eigenvalue weighted by atomic mass is 10.1. The molecular weight excluding hydrogens is 322 g/mol. The van der Waals surface area contributed by atoms with Crippen LogP contribution >= 0.6 is 21.6 Å². The van der Waals surface area contributed by atoms with Crippen molar-refractivity contribution in [2.24, 2.45) is 0 Å². The summed E-state index contributed by atoms with van der Waals surface area (Å²) >= 11 is 0. The first-order valence-electron chi connectivity index (χ1n) is 8.03. The van der Waals surface area contributed by atoms with E-state index in [1.807, 2.05) is 21.6 Å². The van der Waals surface area contributed by atoms with Gasteiger partial charge in [-0.2, -0.15) is 0 Å². The van der Waals surface area contributed by atoms with Gasteiger partial charge in [0, 0.05) is 37.0 Å². The van der Waals surface area contributed by atoms with Crippen LogP contribution in [0.1, 0.15) is 51.4 Å². The second-order valence-electron chi connectivity index (χ2n) is 5.39. The Morgan fingerprint density at radius 2 is 1.95 bits per heavy atom. The molecule has 1 rings (SSSR count). The fourth-order valence-electron chi connectivity index (χ4n) is 2.16. The zero-order valence-corrected chi connectivity index (χ0v) is 14.7. The molecule has 22 heavy (non-hydrogen) atoms. The molecule has 0 aliphatic carbocycles. The van der Waals surface area contributed by atoms with Crippen LogP contribution in [0.3, 0.4) is 0 Å². The lowest BCUT2D eigenvalue weighted by molar-refractivity contribution is -0.137.